The van der Waals surface area contributed by atoms with E-state index in [4.69, 9.17) is 14.2 Å². The number of ether oxygens (including phenoxy) is 3. The molecule has 2 N–H and O–H groups in total. The number of nitrogens with zero attached hydrogens (tertiary/aromatic N) is 1. The van der Waals surface area contributed by atoms with Crippen LogP contribution in [0.3, 0.4) is 0 Å². The van der Waals surface area contributed by atoms with Crippen LogP contribution >= 0.6 is 0 Å². The van der Waals surface area contributed by atoms with Crippen molar-refractivity contribution in [3.8, 4) is 17.2 Å². The molecule has 34 heavy (non-hydrogen) atoms. The summed E-state index contributed by atoms with van der Waals surface area (Å²) in [4.78, 5) is 26.1. The molecule has 176 valence electrons. The van der Waals surface area contributed by atoms with Crippen LogP contribution in [0, 0.1) is 0 Å². The Morgan fingerprint density at radius 2 is 1.50 bits per heavy atom. The zero-order valence-corrected chi connectivity index (χ0v) is 18.6. The lowest BCUT2D eigenvalue weighted by atomic mass is 10.1. The number of hydrogen-bond donors (Lipinski definition) is 2. The van der Waals surface area contributed by atoms with Crippen LogP contribution in [0.2, 0.25) is 0 Å². The van der Waals surface area contributed by atoms with E-state index in [9.17, 15) is 14.7 Å². The van der Waals surface area contributed by atoms with Gasteiger partial charge in [-0.25, -0.2) is 4.79 Å². The Balaban J connectivity index is 1.28. The fraction of sp³-hybridized carbons (Fsp3) is 0.231. The van der Waals surface area contributed by atoms with Crippen molar-refractivity contribution in [2.45, 2.75) is 0 Å². The molecule has 0 radical (unpaired) electrons. The van der Waals surface area contributed by atoms with Crippen molar-refractivity contribution in [3.63, 3.8) is 0 Å². The lowest BCUT2D eigenvalue weighted by Gasteiger charge is -2.26. The van der Waals surface area contributed by atoms with Crippen molar-refractivity contribution < 1.29 is 28.9 Å². The van der Waals surface area contributed by atoms with Gasteiger partial charge in [0.05, 0.1) is 24.5 Å². The number of carboxylic acids is 1. The summed E-state index contributed by atoms with van der Waals surface area (Å²) in [5, 5.41) is 11.9. The Bertz CT molecular complexity index is 1110. The molecule has 0 saturated carbocycles. The number of amides is 1. The summed E-state index contributed by atoms with van der Waals surface area (Å²) in [6.45, 7) is 4.90. The molecule has 0 spiro atoms. The number of carboxylic acid groups (broad SMARTS) is 1. The lowest BCUT2D eigenvalue weighted by Crippen LogP contribution is -2.38. The van der Waals surface area contributed by atoms with Crippen LogP contribution in [-0.2, 0) is 4.74 Å². The summed E-state index contributed by atoms with van der Waals surface area (Å²) in [6.07, 6.45) is 0. The molecule has 1 aliphatic rings. The maximum atomic E-state index is 12.5. The molecule has 3 aromatic carbocycles. The van der Waals surface area contributed by atoms with Gasteiger partial charge in [0.2, 0.25) is 0 Å². The zero-order valence-electron chi connectivity index (χ0n) is 18.6. The Morgan fingerprint density at radius 3 is 2.18 bits per heavy atom. The van der Waals surface area contributed by atoms with Gasteiger partial charge in [-0.15, -0.1) is 0 Å². The highest BCUT2D eigenvalue weighted by atomic mass is 16.5. The first-order valence-electron chi connectivity index (χ1n) is 11.0. The Kier molecular flexibility index (Phi) is 7.75. The number of benzene rings is 3. The van der Waals surface area contributed by atoms with Gasteiger partial charge in [0.15, 0.2) is 0 Å². The minimum absolute atomic E-state index is 0.0318. The Labute approximate surface area is 197 Å². The first-order chi connectivity index (χ1) is 16.6. The Hall–Kier alpha value is -3.88. The number of hydrogen-bond acceptors (Lipinski definition) is 6. The number of anilines is 1. The maximum Gasteiger partial charge on any atom is 0.337 e. The Morgan fingerprint density at radius 1 is 0.882 bits per heavy atom. The molecule has 1 amide bonds. The predicted octanol–water partition coefficient (Wildman–Crippen LogP) is 4.14. The van der Waals surface area contributed by atoms with Crippen molar-refractivity contribution in [2.24, 2.45) is 0 Å². The lowest BCUT2D eigenvalue weighted by molar-refractivity contribution is 0.0322. The second-order valence-electron chi connectivity index (χ2n) is 7.71. The van der Waals surface area contributed by atoms with Gasteiger partial charge < -0.3 is 24.6 Å². The smallest absolute Gasteiger partial charge is 0.337 e. The highest BCUT2D eigenvalue weighted by Gasteiger charge is 2.13. The van der Waals surface area contributed by atoms with Crippen molar-refractivity contribution in [1.82, 2.24) is 4.90 Å². The molecular formula is C26H26N2O6. The third-order valence-electron chi connectivity index (χ3n) is 5.36. The number of para-hydroxylation sites is 1. The van der Waals surface area contributed by atoms with E-state index in [-0.39, 0.29) is 11.3 Å². The second kappa shape index (κ2) is 11.3. The van der Waals surface area contributed by atoms with Gasteiger partial charge in [-0.2, -0.15) is 0 Å². The molecule has 8 heteroatoms. The molecule has 0 aliphatic carbocycles. The summed E-state index contributed by atoms with van der Waals surface area (Å²) in [5.74, 6) is 0.484. The van der Waals surface area contributed by atoms with Crippen molar-refractivity contribution in [2.75, 3.05) is 44.8 Å². The van der Waals surface area contributed by atoms with Crippen LogP contribution in [0.25, 0.3) is 0 Å². The summed E-state index contributed by atoms with van der Waals surface area (Å²) < 4.78 is 17.0. The van der Waals surface area contributed by atoms with Crippen LogP contribution in [-0.4, -0.2) is 61.3 Å². The summed E-state index contributed by atoms with van der Waals surface area (Å²) in [7, 11) is 0. The highest BCUT2D eigenvalue weighted by Crippen LogP contribution is 2.25. The van der Waals surface area contributed by atoms with Gasteiger partial charge in [0.25, 0.3) is 5.91 Å². The van der Waals surface area contributed by atoms with E-state index in [0.29, 0.717) is 23.7 Å². The molecule has 0 unspecified atom stereocenters. The van der Waals surface area contributed by atoms with Crippen LogP contribution in [0.1, 0.15) is 20.7 Å². The van der Waals surface area contributed by atoms with Gasteiger partial charge in [-0.3, -0.25) is 9.69 Å². The molecule has 3 aromatic rings. The van der Waals surface area contributed by atoms with Crippen molar-refractivity contribution >= 4 is 17.6 Å². The van der Waals surface area contributed by atoms with E-state index in [1.54, 1.807) is 42.5 Å². The fourth-order valence-electron chi connectivity index (χ4n) is 3.50. The average molecular weight is 463 g/mol. The maximum absolute atomic E-state index is 12.5. The molecule has 4 rings (SSSR count). The monoisotopic (exact) mass is 462 g/mol. The minimum atomic E-state index is -1.10. The van der Waals surface area contributed by atoms with Crippen LogP contribution in [0.4, 0.5) is 5.69 Å². The number of carbonyl (C=O) groups is 2. The summed E-state index contributed by atoms with van der Waals surface area (Å²) in [5.41, 5.74) is 0.661. The van der Waals surface area contributed by atoms with Crippen molar-refractivity contribution in [1.29, 1.82) is 0 Å². The first kappa shape index (κ1) is 23.3. The molecule has 0 bridgehead atoms. The number of morpholine rings is 1. The van der Waals surface area contributed by atoms with Gasteiger partial charge in [0.1, 0.15) is 23.9 Å². The van der Waals surface area contributed by atoms with Gasteiger partial charge in [0, 0.05) is 25.2 Å². The normalized spacial score (nSPS) is 13.8. The number of aromatic carboxylic acids is 1. The van der Waals surface area contributed by atoms with Crippen molar-refractivity contribution in [3.05, 3.63) is 83.9 Å². The molecule has 1 aliphatic heterocycles. The molecule has 1 fully saturated rings. The van der Waals surface area contributed by atoms with E-state index in [1.807, 2.05) is 24.3 Å². The van der Waals surface area contributed by atoms with E-state index in [1.165, 1.54) is 6.07 Å². The average Bonchev–Trinajstić information content (AvgIpc) is 2.86. The third-order valence-corrected chi connectivity index (χ3v) is 5.36. The number of nitrogens with one attached hydrogen (secondary N) is 1. The van der Waals surface area contributed by atoms with Gasteiger partial charge >= 0.3 is 5.97 Å². The first-order valence-corrected chi connectivity index (χ1v) is 11.0. The van der Waals surface area contributed by atoms with E-state index >= 15 is 0 Å². The van der Waals surface area contributed by atoms with E-state index in [0.717, 1.165) is 38.6 Å². The molecule has 1 heterocycles. The van der Waals surface area contributed by atoms with Crippen LogP contribution in [0.5, 0.6) is 17.2 Å². The minimum Gasteiger partial charge on any atom is -0.492 e. The highest BCUT2D eigenvalue weighted by molar-refractivity contribution is 6.07. The standard InChI is InChI=1S/C26H26N2O6/c29-25(27-24-4-2-1-3-23(24)26(30)31)19-5-7-21(8-6-19)34-22-11-9-20(10-12-22)33-18-15-28-13-16-32-17-14-28/h1-12H,13-18H2,(H,27,29)(H,30,31). The third kappa shape index (κ3) is 6.34. The van der Waals surface area contributed by atoms with E-state index in [2.05, 4.69) is 10.2 Å². The van der Waals surface area contributed by atoms with Gasteiger partial charge in [-0.05, 0) is 60.7 Å². The quantitative estimate of drug-likeness (QED) is 0.493. The molecule has 1 saturated heterocycles. The molecular weight excluding hydrogens is 436 g/mol. The summed E-state index contributed by atoms with van der Waals surface area (Å²) in [6, 6.07) is 20.2. The topological polar surface area (TPSA) is 97.3 Å². The summed E-state index contributed by atoms with van der Waals surface area (Å²) >= 11 is 0. The SMILES string of the molecule is O=C(Nc1ccccc1C(=O)O)c1ccc(Oc2ccc(OCCN3CCOCC3)cc2)cc1. The van der Waals surface area contributed by atoms with Gasteiger partial charge in [-0.1, -0.05) is 12.1 Å². The van der Waals surface area contributed by atoms with Crippen LogP contribution in [0.15, 0.2) is 72.8 Å². The second-order valence-corrected chi connectivity index (χ2v) is 7.71. The van der Waals surface area contributed by atoms with Crippen LogP contribution < -0.4 is 14.8 Å². The fourth-order valence-corrected chi connectivity index (χ4v) is 3.50. The molecule has 8 nitrogen and oxygen atoms in total. The zero-order chi connectivity index (χ0) is 23.8. The predicted molar refractivity (Wildman–Crippen MR) is 127 cm³/mol. The number of rotatable bonds is 9. The van der Waals surface area contributed by atoms with E-state index < -0.39 is 11.9 Å². The number of carbonyl (C=O) groups excluding carboxylic acids is 1. The largest absolute Gasteiger partial charge is 0.492 e. The molecule has 0 atom stereocenters. The molecule has 0 aromatic heterocycles.